The lowest BCUT2D eigenvalue weighted by atomic mass is 10.1. The third-order valence-corrected chi connectivity index (χ3v) is 3.45. The monoisotopic (exact) mass is 298 g/mol. The van der Waals surface area contributed by atoms with E-state index in [9.17, 15) is 4.39 Å². The molecule has 0 aliphatic rings. The lowest BCUT2D eigenvalue weighted by Crippen LogP contribution is -2.10. The number of nitrogens with zero attached hydrogens (tertiary/aromatic N) is 2. The van der Waals surface area contributed by atoms with Gasteiger partial charge in [0.1, 0.15) is 11.6 Å². The van der Waals surface area contributed by atoms with Crippen LogP contribution >= 0.6 is 11.6 Å². The molecule has 0 aliphatic carbocycles. The highest BCUT2D eigenvalue weighted by atomic mass is 35.5. The Balaban J connectivity index is 2.06. The van der Waals surface area contributed by atoms with Crippen molar-refractivity contribution in [1.82, 2.24) is 9.55 Å². The van der Waals surface area contributed by atoms with Crippen LogP contribution in [0.15, 0.2) is 18.2 Å². The van der Waals surface area contributed by atoms with Gasteiger partial charge < -0.3 is 9.30 Å². The van der Waals surface area contributed by atoms with Gasteiger partial charge in [-0.15, -0.1) is 11.6 Å². The number of ether oxygens (including phenoxy) is 1. The Labute approximate surface area is 123 Å². The van der Waals surface area contributed by atoms with Crippen molar-refractivity contribution in [3.8, 4) is 0 Å². The molecule has 0 saturated heterocycles. The normalized spacial score (nSPS) is 11.7. The van der Waals surface area contributed by atoms with Gasteiger partial charge in [-0.05, 0) is 30.5 Å². The van der Waals surface area contributed by atoms with E-state index in [1.807, 2.05) is 4.57 Å². The van der Waals surface area contributed by atoms with Crippen LogP contribution in [0.4, 0.5) is 4.39 Å². The molecule has 0 N–H and O–H groups in total. The first kappa shape index (κ1) is 15.3. The van der Waals surface area contributed by atoms with E-state index in [1.54, 1.807) is 6.07 Å². The van der Waals surface area contributed by atoms with Gasteiger partial charge >= 0.3 is 0 Å². The Morgan fingerprint density at radius 2 is 2.15 bits per heavy atom. The van der Waals surface area contributed by atoms with Gasteiger partial charge in [-0.1, -0.05) is 13.8 Å². The minimum atomic E-state index is -0.263. The first-order valence-corrected chi connectivity index (χ1v) is 7.43. The SMILES string of the molecule is CC(C)CCOCCn1c(CCl)nc2ccc(F)cc21. The molecule has 5 heteroatoms. The maximum Gasteiger partial charge on any atom is 0.125 e. The second-order valence-corrected chi connectivity index (χ2v) is 5.51. The minimum Gasteiger partial charge on any atom is -0.380 e. The van der Waals surface area contributed by atoms with Crippen LogP contribution in [-0.2, 0) is 17.2 Å². The summed E-state index contributed by atoms with van der Waals surface area (Å²) in [6, 6.07) is 4.58. The Bertz CT molecular complexity index is 568. The highest BCUT2D eigenvalue weighted by Gasteiger charge is 2.10. The van der Waals surface area contributed by atoms with E-state index in [0.29, 0.717) is 24.9 Å². The highest BCUT2D eigenvalue weighted by molar-refractivity contribution is 6.16. The van der Waals surface area contributed by atoms with Crippen molar-refractivity contribution >= 4 is 22.6 Å². The molecule has 0 atom stereocenters. The number of rotatable bonds is 7. The largest absolute Gasteiger partial charge is 0.380 e. The van der Waals surface area contributed by atoms with Gasteiger partial charge in [0, 0.05) is 13.2 Å². The van der Waals surface area contributed by atoms with Crippen molar-refractivity contribution in [2.24, 2.45) is 5.92 Å². The number of hydrogen-bond donors (Lipinski definition) is 0. The molecule has 0 saturated carbocycles. The number of benzene rings is 1. The average Bonchev–Trinajstić information content (AvgIpc) is 2.75. The van der Waals surface area contributed by atoms with Crippen LogP contribution in [0, 0.1) is 11.7 Å². The number of hydrogen-bond acceptors (Lipinski definition) is 2. The maximum atomic E-state index is 13.4. The van der Waals surface area contributed by atoms with Crippen molar-refractivity contribution in [1.29, 1.82) is 0 Å². The molecule has 0 aliphatic heterocycles. The van der Waals surface area contributed by atoms with Crippen molar-refractivity contribution in [2.45, 2.75) is 32.7 Å². The van der Waals surface area contributed by atoms with Crippen LogP contribution in [0.25, 0.3) is 11.0 Å². The lowest BCUT2D eigenvalue weighted by molar-refractivity contribution is 0.116. The fourth-order valence-electron chi connectivity index (χ4n) is 2.07. The van der Waals surface area contributed by atoms with Crippen molar-refractivity contribution < 1.29 is 9.13 Å². The minimum absolute atomic E-state index is 0.263. The number of alkyl halides is 1. The lowest BCUT2D eigenvalue weighted by Gasteiger charge is -2.09. The first-order chi connectivity index (χ1) is 9.61. The summed E-state index contributed by atoms with van der Waals surface area (Å²) < 4.78 is 20.9. The molecule has 3 nitrogen and oxygen atoms in total. The molecule has 0 amide bonds. The van der Waals surface area contributed by atoms with Gasteiger partial charge in [0.2, 0.25) is 0 Å². The molecule has 1 aromatic carbocycles. The summed E-state index contributed by atoms with van der Waals surface area (Å²) in [5.74, 6) is 1.43. The summed E-state index contributed by atoms with van der Waals surface area (Å²) in [7, 11) is 0. The Morgan fingerprint density at radius 3 is 2.85 bits per heavy atom. The average molecular weight is 299 g/mol. The molecule has 0 bridgehead atoms. The summed E-state index contributed by atoms with van der Waals surface area (Å²) in [5, 5.41) is 0. The van der Waals surface area contributed by atoms with Crippen LogP contribution in [-0.4, -0.2) is 22.8 Å². The second kappa shape index (κ2) is 7.04. The van der Waals surface area contributed by atoms with Crippen molar-refractivity contribution in [3.05, 3.63) is 29.8 Å². The van der Waals surface area contributed by atoms with Crippen LogP contribution in [0.5, 0.6) is 0 Å². The highest BCUT2D eigenvalue weighted by Crippen LogP contribution is 2.18. The van der Waals surface area contributed by atoms with E-state index >= 15 is 0 Å². The first-order valence-electron chi connectivity index (χ1n) is 6.90. The van der Waals surface area contributed by atoms with Gasteiger partial charge in [-0.25, -0.2) is 9.37 Å². The Morgan fingerprint density at radius 1 is 1.35 bits per heavy atom. The molecule has 110 valence electrons. The number of imidazole rings is 1. The summed E-state index contributed by atoms with van der Waals surface area (Å²) in [6.07, 6.45) is 1.04. The molecule has 0 fully saturated rings. The van der Waals surface area contributed by atoms with Crippen LogP contribution in [0.3, 0.4) is 0 Å². The van der Waals surface area contributed by atoms with Gasteiger partial charge in [0.05, 0.1) is 23.5 Å². The predicted molar refractivity (Wildman–Crippen MR) is 79.5 cm³/mol. The van der Waals surface area contributed by atoms with Gasteiger partial charge in [0.25, 0.3) is 0 Å². The molecule has 0 radical (unpaired) electrons. The standard InChI is InChI=1S/C15H20ClFN2O/c1-11(2)5-7-20-8-6-19-14-9-12(17)3-4-13(14)18-15(19)10-16/h3-4,9,11H,5-8,10H2,1-2H3. The summed E-state index contributed by atoms with van der Waals surface area (Å²) in [6.45, 7) is 6.30. The fraction of sp³-hybridized carbons (Fsp3) is 0.533. The summed E-state index contributed by atoms with van der Waals surface area (Å²) in [4.78, 5) is 4.41. The maximum absolute atomic E-state index is 13.4. The molecule has 0 spiro atoms. The van der Waals surface area contributed by atoms with Gasteiger partial charge in [-0.3, -0.25) is 0 Å². The van der Waals surface area contributed by atoms with E-state index in [2.05, 4.69) is 18.8 Å². The zero-order chi connectivity index (χ0) is 14.5. The van der Waals surface area contributed by atoms with E-state index in [1.165, 1.54) is 12.1 Å². The number of halogens is 2. The molecule has 0 unspecified atom stereocenters. The van der Waals surface area contributed by atoms with E-state index in [4.69, 9.17) is 16.3 Å². The zero-order valence-electron chi connectivity index (χ0n) is 11.9. The second-order valence-electron chi connectivity index (χ2n) is 5.24. The van der Waals surface area contributed by atoms with Crippen LogP contribution in [0.2, 0.25) is 0 Å². The van der Waals surface area contributed by atoms with Gasteiger partial charge in [-0.2, -0.15) is 0 Å². The molecule has 2 aromatic rings. The Kier molecular flexibility index (Phi) is 5.38. The third kappa shape index (κ3) is 3.70. The molecule has 1 aromatic heterocycles. The summed E-state index contributed by atoms with van der Waals surface area (Å²) in [5.41, 5.74) is 1.54. The predicted octanol–water partition coefficient (Wildman–Crippen LogP) is 3.98. The van der Waals surface area contributed by atoms with E-state index in [-0.39, 0.29) is 5.82 Å². The van der Waals surface area contributed by atoms with E-state index < -0.39 is 0 Å². The zero-order valence-corrected chi connectivity index (χ0v) is 12.7. The molecular formula is C15H20ClFN2O. The molecule has 1 heterocycles. The number of aromatic nitrogens is 2. The smallest absolute Gasteiger partial charge is 0.125 e. The van der Waals surface area contributed by atoms with Crippen molar-refractivity contribution in [3.63, 3.8) is 0 Å². The third-order valence-electron chi connectivity index (χ3n) is 3.21. The van der Waals surface area contributed by atoms with Gasteiger partial charge in [0.15, 0.2) is 0 Å². The molecular weight excluding hydrogens is 279 g/mol. The fourth-order valence-corrected chi connectivity index (χ4v) is 2.28. The van der Waals surface area contributed by atoms with Crippen molar-refractivity contribution in [2.75, 3.05) is 13.2 Å². The topological polar surface area (TPSA) is 27.1 Å². The quantitative estimate of drug-likeness (QED) is 0.571. The Hall–Kier alpha value is -1.13. The molecule has 2 rings (SSSR count). The van der Waals surface area contributed by atoms with Crippen LogP contribution < -0.4 is 0 Å². The number of fused-ring (bicyclic) bond motifs is 1. The summed E-state index contributed by atoms with van der Waals surface area (Å²) >= 11 is 5.91. The van der Waals surface area contributed by atoms with Crippen LogP contribution in [0.1, 0.15) is 26.1 Å². The molecule has 20 heavy (non-hydrogen) atoms. The van der Waals surface area contributed by atoms with E-state index in [0.717, 1.165) is 29.9 Å².